The number of amides is 2. The molecule has 10 heteroatoms. The SMILES string of the molecule is CC(C)(CNC(=O)c1ccc(S(=O)(=O)N2CCNC(=O)C2)cc1)c1ccc2c(c1)OCO2. The molecule has 0 radical (unpaired) electrons. The highest BCUT2D eigenvalue weighted by atomic mass is 32.2. The van der Waals surface area contributed by atoms with Gasteiger partial charge in [0.05, 0.1) is 11.4 Å². The van der Waals surface area contributed by atoms with E-state index in [2.05, 4.69) is 10.6 Å². The van der Waals surface area contributed by atoms with Gasteiger partial charge in [0.2, 0.25) is 22.7 Å². The van der Waals surface area contributed by atoms with Gasteiger partial charge in [0.25, 0.3) is 5.91 Å². The monoisotopic (exact) mass is 459 g/mol. The van der Waals surface area contributed by atoms with Crippen molar-refractivity contribution in [2.45, 2.75) is 24.2 Å². The zero-order valence-corrected chi connectivity index (χ0v) is 18.7. The number of hydrogen-bond donors (Lipinski definition) is 2. The van der Waals surface area contributed by atoms with Crippen LogP contribution in [0.4, 0.5) is 0 Å². The van der Waals surface area contributed by atoms with Crippen LogP contribution in [0.15, 0.2) is 47.4 Å². The fourth-order valence-corrected chi connectivity index (χ4v) is 4.97. The molecule has 0 spiro atoms. The molecule has 2 aliphatic rings. The normalized spacial score (nSPS) is 16.5. The highest BCUT2D eigenvalue weighted by Crippen LogP contribution is 2.36. The molecular weight excluding hydrogens is 434 g/mol. The fraction of sp³-hybridized carbons (Fsp3) is 0.364. The first-order valence-corrected chi connectivity index (χ1v) is 11.7. The Hall–Kier alpha value is -3.11. The molecule has 2 N–H and O–H groups in total. The lowest BCUT2D eigenvalue weighted by molar-refractivity contribution is -0.122. The molecule has 2 aromatic carbocycles. The van der Waals surface area contributed by atoms with Gasteiger partial charge in [0.1, 0.15) is 0 Å². The molecule has 0 bridgehead atoms. The Morgan fingerprint density at radius 3 is 2.56 bits per heavy atom. The minimum Gasteiger partial charge on any atom is -0.454 e. The van der Waals surface area contributed by atoms with E-state index in [0.29, 0.717) is 23.6 Å². The van der Waals surface area contributed by atoms with Crippen molar-refractivity contribution in [2.24, 2.45) is 0 Å². The predicted octanol–water partition coefficient (Wildman–Crippen LogP) is 1.24. The van der Waals surface area contributed by atoms with Crippen LogP contribution in [0.3, 0.4) is 0 Å². The van der Waals surface area contributed by atoms with E-state index in [1.54, 1.807) is 0 Å². The first-order chi connectivity index (χ1) is 15.2. The van der Waals surface area contributed by atoms with Crippen LogP contribution >= 0.6 is 0 Å². The lowest BCUT2D eigenvalue weighted by Gasteiger charge is -2.26. The number of sulfonamides is 1. The number of benzene rings is 2. The number of hydrogen-bond acceptors (Lipinski definition) is 6. The van der Waals surface area contributed by atoms with Gasteiger partial charge in [-0.15, -0.1) is 0 Å². The lowest BCUT2D eigenvalue weighted by atomic mass is 9.84. The number of ether oxygens (including phenoxy) is 2. The van der Waals surface area contributed by atoms with E-state index in [-0.39, 0.29) is 48.6 Å². The molecule has 32 heavy (non-hydrogen) atoms. The molecule has 2 heterocycles. The van der Waals surface area contributed by atoms with E-state index < -0.39 is 10.0 Å². The van der Waals surface area contributed by atoms with Crippen LogP contribution in [-0.4, -0.2) is 57.5 Å². The number of rotatable bonds is 6. The summed E-state index contributed by atoms with van der Waals surface area (Å²) in [5.41, 5.74) is 0.977. The third kappa shape index (κ3) is 4.42. The number of fused-ring (bicyclic) bond motifs is 1. The average molecular weight is 460 g/mol. The standard InChI is InChI=1S/C22H25N3O6S/c1-22(2,16-5-8-18-19(11-16)31-14-30-18)13-24-21(27)15-3-6-17(7-4-15)32(28,29)25-10-9-23-20(26)12-25/h3-8,11H,9-10,12-14H2,1-2H3,(H,23,26)(H,24,27). The van der Waals surface area contributed by atoms with Crippen LogP contribution in [0.2, 0.25) is 0 Å². The topological polar surface area (TPSA) is 114 Å². The van der Waals surface area contributed by atoms with E-state index in [1.165, 1.54) is 24.3 Å². The Morgan fingerprint density at radius 2 is 1.84 bits per heavy atom. The van der Waals surface area contributed by atoms with Gasteiger partial charge in [-0.25, -0.2) is 8.42 Å². The van der Waals surface area contributed by atoms with Crippen molar-refractivity contribution >= 4 is 21.8 Å². The largest absolute Gasteiger partial charge is 0.454 e. The van der Waals surface area contributed by atoms with E-state index in [0.717, 1.165) is 9.87 Å². The summed E-state index contributed by atoms with van der Waals surface area (Å²) >= 11 is 0. The second kappa shape index (κ2) is 8.44. The Kier molecular flexibility index (Phi) is 5.83. The molecule has 170 valence electrons. The average Bonchev–Trinajstić information content (AvgIpc) is 3.25. The van der Waals surface area contributed by atoms with Gasteiger partial charge in [-0.1, -0.05) is 19.9 Å². The van der Waals surface area contributed by atoms with Gasteiger partial charge >= 0.3 is 0 Å². The van der Waals surface area contributed by atoms with E-state index in [4.69, 9.17) is 9.47 Å². The van der Waals surface area contributed by atoms with Gasteiger partial charge in [0, 0.05) is 30.6 Å². The maximum Gasteiger partial charge on any atom is 0.251 e. The smallest absolute Gasteiger partial charge is 0.251 e. The van der Waals surface area contributed by atoms with Gasteiger partial charge in [-0.2, -0.15) is 4.31 Å². The predicted molar refractivity (Wildman–Crippen MR) is 116 cm³/mol. The summed E-state index contributed by atoms with van der Waals surface area (Å²) in [6, 6.07) is 11.4. The van der Waals surface area contributed by atoms with Crippen LogP contribution in [0.25, 0.3) is 0 Å². The van der Waals surface area contributed by atoms with Crippen molar-refractivity contribution < 1.29 is 27.5 Å². The zero-order chi connectivity index (χ0) is 22.9. The minimum atomic E-state index is -3.80. The number of carbonyl (C=O) groups excluding carboxylic acids is 2. The van der Waals surface area contributed by atoms with Crippen molar-refractivity contribution in [3.8, 4) is 11.5 Å². The highest BCUT2D eigenvalue weighted by Gasteiger charge is 2.29. The maximum absolute atomic E-state index is 12.7. The second-order valence-corrected chi connectivity index (χ2v) is 10.3. The summed E-state index contributed by atoms with van der Waals surface area (Å²) in [4.78, 5) is 24.2. The Morgan fingerprint density at radius 1 is 1.12 bits per heavy atom. The van der Waals surface area contributed by atoms with Crippen LogP contribution in [-0.2, 0) is 20.2 Å². The molecule has 2 aromatic rings. The molecule has 9 nitrogen and oxygen atoms in total. The van der Waals surface area contributed by atoms with Crippen molar-refractivity contribution in [3.63, 3.8) is 0 Å². The Balaban J connectivity index is 1.41. The molecule has 0 aliphatic carbocycles. The van der Waals surface area contributed by atoms with Crippen LogP contribution in [0.5, 0.6) is 11.5 Å². The molecular formula is C22H25N3O6S. The van der Waals surface area contributed by atoms with Crippen molar-refractivity contribution in [2.75, 3.05) is 33.0 Å². The fourth-order valence-electron chi connectivity index (χ4n) is 3.57. The summed E-state index contributed by atoms with van der Waals surface area (Å²) in [7, 11) is -3.80. The van der Waals surface area contributed by atoms with Crippen molar-refractivity contribution in [1.29, 1.82) is 0 Å². The van der Waals surface area contributed by atoms with E-state index in [9.17, 15) is 18.0 Å². The number of nitrogens with one attached hydrogen (secondary N) is 2. The summed E-state index contributed by atoms with van der Waals surface area (Å²) in [5.74, 6) is 0.750. The summed E-state index contributed by atoms with van der Waals surface area (Å²) in [6.07, 6.45) is 0. The Labute approximate surface area is 186 Å². The van der Waals surface area contributed by atoms with E-state index in [1.807, 2.05) is 32.0 Å². The molecule has 1 fully saturated rings. The lowest BCUT2D eigenvalue weighted by Crippen LogP contribution is -2.49. The molecule has 4 rings (SSSR count). The van der Waals surface area contributed by atoms with Crippen LogP contribution < -0.4 is 20.1 Å². The second-order valence-electron chi connectivity index (χ2n) is 8.35. The van der Waals surface area contributed by atoms with Gasteiger partial charge < -0.3 is 20.1 Å². The molecule has 0 saturated carbocycles. The van der Waals surface area contributed by atoms with Gasteiger partial charge in [-0.05, 0) is 42.0 Å². The number of nitrogens with zero attached hydrogens (tertiary/aromatic N) is 1. The summed E-state index contributed by atoms with van der Waals surface area (Å²) in [6.45, 7) is 4.87. The van der Waals surface area contributed by atoms with Gasteiger partial charge in [0.15, 0.2) is 11.5 Å². The zero-order valence-electron chi connectivity index (χ0n) is 17.9. The van der Waals surface area contributed by atoms with Crippen molar-refractivity contribution in [3.05, 3.63) is 53.6 Å². The van der Waals surface area contributed by atoms with E-state index >= 15 is 0 Å². The number of carbonyl (C=O) groups is 2. The summed E-state index contributed by atoms with van der Waals surface area (Å²) < 4.78 is 37.4. The Bertz CT molecular complexity index is 1140. The third-order valence-corrected chi connectivity index (χ3v) is 7.46. The maximum atomic E-state index is 12.7. The van der Waals surface area contributed by atoms with Crippen LogP contribution in [0, 0.1) is 0 Å². The van der Waals surface area contributed by atoms with Crippen molar-refractivity contribution in [1.82, 2.24) is 14.9 Å². The first kappa shape index (κ1) is 22.1. The molecule has 1 saturated heterocycles. The molecule has 2 aliphatic heterocycles. The number of piperazine rings is 1. The minimum absolute atomic E-state index is 0.0458. The molecule has 0 aromatic heterocycles. The van der Waals surface area contributed by atoms with Gasteiger partial charge in [-0.3, -0.25) is 9.59 Å². The third-order valence-electron chi connectivity index (χ3n) is 5.60. The molecule has 2 amide bonds. The molecule has 0 unspecified atom stereocenters. The van der Waals surface area contributed by atoms with Crippen LogP contribution in [0.1, 0.15) is 29.8 Å². The summed E-state index contributed by atoms with van der Waals surface area (Å²) in [5, 5.41) is 5.51. The molecule has 0 atom stereocenters. The highest BCUT2D eigenvalue weighted by molar-refractivity contribution is 7.89. The quantitative estimate of drug-likeness (QED) is 0.672. The first-order valence-electron chi connectivity index (χ1n) is 10.2.